The van der Waals surface area contributed by atoms with Crippen LogP contribution in [0, 0.1) is 0 Å². The largest absolute Gasteiger partial charge is 0.353 e. The van der Waals surface area contributed by atoms with Gasteiger partial charge in [0.25, 0.3) is 0 Å². The van der Waals surface area contributed by atoms with Crippen LogP contribution in [0.2, 0.25) is 0 Å². The highest BCUT2D eigenvalue weighted by Crippen LogP contribution is 2.22. The molecule has 0 aromatic carbocycles. The zero-order chi connectivity index (χ0) is 15.6. The fraction of sp³-hybridized carbons (Fsp3) is 0.600. The molecule has 4 rings (SSSR count). The predicted octanol–water partition coefficient (Wildman–Crippen LogP) is 0.0973. The van der Waals surface area contributed by atoms with Crippen LogP contribution in [-0.2, 0) is 4.79 Å². The van der Waals surface area contributed by atoms with E-state index in [-0.39, 0.29) is 5.91 Å². The minimum Gasteiger partial charge on any atom is -0.353 e. The molecule has 2 aromatic rings. The summed E-state index contributed by atoms with van der Waals surface area (Å²) in [4.78, 5) is 27.3. The van der Waals surface area contributed by atoms with Crippen molar-refractivity contribution in [1.29, 1.82) is 0 Å². The lowest BCUT2D eigenvalue weighted by Crippen LogP contribution is -2.50. The molecule has 2 saturated heterocycles. The third-order valence-electron chi connectivity index (χ3n) is 4.72. The molecule has 0 spiro atoms. The van der Waals surface area contributed by atoms with Gasteiger partial charge in [0.1, 0.15) is 12.1 Å². The number of rotatable bonds is 3. The first-order valence-electron chi connectivity index (χ1n) is 8.20. The van der Waals surface area contributed by atoms with Gasteiger partial charge in [-0.25, -0.2) is 9.97 Å². The summed E-state index contributed by atoms with van der Waals surface area (Å²) in [6.07, 6.45) is 5.63. The first kappa shape index (κ1) is 14.4. The monoisotopic (exact) mass is 315 g/mol. The Morgan fingerprint density at radius 3 is 2.65 bits per heavy atom. The second-order valence-corrected chi connectivity index (χ2v) is 6.18. The molecular weight excluding hydrogens is 294 g/mol. The quantitative estimate of drug-likeness (QED) is 0.865. The number of fused-ring (bicyclic) bond motifs is 1. The molecule has 2 aliphatic heterocycles. The maximum Gasteiger partial charge on any atom is 0.236 e. The van der Waals surface area contributed by atoms with Crippen molar-refractivity contribution in [3.05, 3.63) is 12.5 Å². The summed E-state index contributed by atoms with van der Waals surface area (Å²) < 4.78 is 0. The van der Waals surface area contributed by atoms with Crippen LogP contribution in [0.1, 0.15) is 12.8 Å². The van der Waals surface area contributed by atoms with Crippen molar-refractivity contribution in [2.45, 2.75) is 12.8 Å². The predicted molar refractivity (Wildman–Crippen MR) is 86.2 cm³/mol. The Labute approximate surface area is 134 Å². The number of nitrogens with one attached hydrogen (secondary N) is 1. The zero-order valence-electron chi connectivity index (χ0n) is 13.1. The van der Waals surface area contributed by atoms with Crippen LogP contribution in [-0.4, -0.2) is 81.7 Å². The van der Waals surface area contributed by atoms with Gasteiger partial charge >= 0.3 is 0 Å². The van der Waals surface area contributed by atoms with Gasteiger partial charge in [0.05, 0.1) is 18.1 Å². The van der Waals surface area contributed by atoms with Gasteiger partial charge in [-0.15, -0.1) is 0 Å². The summed E-state index contributed by atoms with van der Waals surface area (Å²) in [7, 11) is 0. The van der Waals surface area contributed by atoms with Crippen molar-refractivity contribution in [2.24, 2.45) is 0 Å². The van der Waals surface area contributed by atoms with E-state index >= 15 is 0 Å². The molecule has 2 fully saturated rings. The Kier molecular flexibility index (Phi) is 3.82. The topological polar surface area (TPSA) is 81.2 Å². The summed E-state index contributed by atoms with van der Waals surface area (Å²) in [6, 6.07) is 0. The standard InChI is InChI=1S/C15H21N7O/c23-13(21-3-1-2-4-21)10-20-5-7-22(8-6-20)15-12-9-18-19-14(12)16-11-17-15/h9,11H,1-8,10H2,(H,16,17,18,19). The molecule has 0 radical (unpaired) electrons. The van der Waals surface area contributed by atoms with Crippen LogP contribution in [0.5, 0.6) is 0 Å². The van der Waals surface area contributed by atoms with Crippen LogP contribution in [0.15, 0.2) is 12.5 Å². The van der Waals surface area contributed by atoms with Crippen molar-refractivity contribution in [2.75, 3.05) is 50.7 Å². The van der Waals surface area contributed by atoms with Crippen LogP contribution in [0.3, 0.4) is 0 Å². The average molecular weight is 315 g/mol. The molecule has 122 valence electrons. The zero-order valence-corrected chi connectivity index (χ0v) is 13.1. The van der Waals surface area contributed by atoms with Crippen LogP contribution in [0.4, 0.5) is 5.82 Å². The van der Waals surface area contributed by atoms with Crippen molar-refractivity contribution < 1.29 is 4.79 Å². The number of anilines is 1. The molecule has 0 aliphatic carbocycles. The molecular formula is C15H21N7O. The molecule has 8 nitrogen and oxygen atoms in total. The third-order valence-corrected chi connectivity index (χ3v) is 4.72. The van der Waals surface area contributed by atoms with Gasteiger partial charge in [0.2, 0.25) is 5.91 Å². The van der Waals surface area contributed by atoms with E-state index in [1.165, 1.54) is 0 Å². The molecule has 8 heteroatoms. The highest BCUT2D eigenvalue weighted by Gasteiger charge is 2.24. The smallest absolute Gasteiger partial charge is 0.236 e. The lowest BCUT2D eigenvalue weighted by molar-refractivity contribution is -0.131. The lowest BCUT2D eigenvalue weighted by atomic mass is 10.2. The van der Waals surface area contributed by atoms with E-state index in [2.05, 4.69) is 30.0 Å². The molecule has 0 unspecified atom stereocenters. The highest BCUT2D eigenvalue weighted by molar-refractivity contribution is 5.86. The van der Waals surface area contributed by atoms with Gasteiger partial charge in [-0.3, -0.25) is 14.8 Å². The molecule has 0 atom stereocenters. The number of H-pyrrole nitrogens is 1. The Balaban J connectivity index is 1.37. The first-order valence-corrected chi connectivity index (χ1v) is 8.20. The third kappa shape index (κ3) is 2.86. The minimum atomic E-state index is 0.273. The van der Waals surface area contributed by atoms with Crippen LogP contribution >= 0.6 is 0 Å². The number of likely N-dealkylation sites (tertiary alicyclic amines) is 1. The number of hydrogen-bond donors (Lipinski definition) is 1. The summed E-state index contributed by atoms with van der Waals surface area (Å²) in [5, 5.41) is 7.87. The van der Waals surface area contributed by atoms with Gasteiger partial charge in [0, 0.05) is 39.3 Å². The fourth-order valence-corrected chi connectivity index (χ4v) is 3.38. The number of nitrogens with zero attached hydrogens (tertiary/aromatic N) is 6. The highest BCUT2D eigenvalue weighted by atomic mass is 16.2. The summed E-state index contributed by atoms with van der Waals surface area (Å²) in [5.41, 5.74) is 0.765. The Bertz CT molecular complexity index is 686. The second kappa shape index (κ2) is 6.11. The number of amides is 1. The Hall–Kier alpha value is -2.22. The SMILES string of the molecule is O=C(CN1CCN(c2ncnc3[nH]ncc23)CC1)N1CCCC1. The lowest BCUT2D eigenvalue weighted by Gasteiger charge is -2.35. The van der Waals surface area contributed by atoms with E-state index < -0.39 is 0 Å². The molecule has 1 N–H and O–H groups in total. The van der Waals surface area contributed by atoms with Gasteiger partial charge in [-0.2, -0.15) is 5.10 Å². The van der Waals surface area contributed by atoms with Crippen molar-refractivity contribution in [3.63, 3.8) is 0 Å². The maximum absolute atomic E-state index is 12.2. The van der Waals surface area contributed by atoms with Gasteiger partial charge in [-0.1, -0.05) is 0 Å². The Morgan fingerprint density at radius 2 is 1.87 bits per heavy atom. The van der Waals surface area contributed by atoms with Gasteiger partial charge in [-0.05, 0) is 12.8 Å². The number of carbonyl (C=O) groups is 1. The molecule has 2 aliphatic rings. The number of aromatic nitrogens is 4. The van der Waals surface area contributed by atoms with E-state index in [9.17, 15) is 4.79 Å². The minimum absolute atomic E-state index is 0.273. The number of piperazine rings is 1. The van der Waals surface area contributed by atoms with E-state index in [4.69, 9.17) is 0 Å². The maximum atomic E-state index is 12.2. The summed E-state index contributed by atoms with van der Waals surface area (Å²) in [6.45, 7) is 5.89. The van der Waals surface area contributed by atoms with Crippen LogP contribution in [0.25, 0.3) is 11.0 Å². The van der Waals surface area contributed by atoms with E-state index in [0.717, 1.165) is 69.0 Å². The fourth-order valence-electron chi connectivity index (χ4n) is 3.38. The first-order chi connectivity index (χ1) is 11.3. The van der Waals surface area contributed by atoms with E-state index in [1.807, 2.05) is 4.90 Å². The van der Waals surface area contributed by atoms with Crippen LogP contribution < -0.4 is 4.90 Å². The number of aromatic amines is 1. The van der Waals surface area contributed by atoms with Crippen molar-refractivity contribution >= 4 is 22.8 Å². The number of hydrogen-bond acceptors (Lipinski definition) is 6. The van der Waals surface area contributed by atoms with E-state index in [0.29, 0.717) is 6.54 Å². The van der Waals surface area contributed by atoms with Crippen molar-refractivity contribution in [1.82, 2.24) is 30.0 Å². The Morgan fingerprint density at radius 1 is 1.09 bits per heavy atom. The van der Waals surface area contributed by atoms with Gasteiger partial charge in [0.15, 0.2) is 5.65 Å². The normalized spacial score (nSPS) is 19.7. The second-order valence-electron chi connectivity index (χ2n) is 6.18. The molecule has 4 heterocycles. The molecule has 0 saturated carbocycles. The van der Waals surface area contributed by atoms with Crippen molar-refractivity contribution in [3.8, 4) is 0 Å². The van der Waals surface area contributed by atoms with E-state index in [1.54, 1.807) is 12.5 Å². The summed E-state index contributed by atoms with van der Waals surface area (Å²) >= 11 is 0. The molecule has 23 heavy (non-hydrogen) atoms. The van der Waals surface area contributed by atoms with Gasteiger partial charge < -0.3 is 9.80 Å². The molecule has 1 amide bonds. The molecule has 2 aromatic heterocycles. The molecule has 0 bridgehead atoms. The summed E-state index contributed by atoms with van der Waals surface area (Å²) in [5.74, 6) is 1.20. The number of carbonyl (C=O) groups excluding carboxylic acids is 1. The average Bonchev–Trinajstić information content (AvgIpc) is 3.26.